The summed E-state index contributed by atoms with van der Waals surface area (Å²) in [6.45, 7) is 6.97. The zero-order valence-corrected chi connectivity index (χ0v) is 25.9. The van der Waals surface area contributed by atoms with Gasteiger partial charge in [0.25, 0.3) is 5.85 Å². The molecule has 1 aromatic carbocycles. The molecule has 0 spiro atoms. The molecule has 1 aliphatic heterocycles. The smallest absolute Gasteiger partial charge is 0.459 e. The average molecular weight is 643 g/mol. The van der Waals surface area contributed by atoms with Gasteiger partial charge in [0.2, 0.25) is 11.8 Å². The van der Waals surface area contributed by atoms with Crippen molar-refractivity contribution in [2.75, 3.05) is 25.6 Å². The van der Waals surface area contributed by atoms with Crippen LogP contribution in [-0.2, 0) is 23.4 Å². The highest BCUT2D eigenvalue weighted by molar-refractivity contribution is 7.52. The van der Waals surface area contributed by atoms with Crippen LogP contribution in [0, 0.1) is 5.92 Å². The molecule has 14 nitrogen and oxygen atoms in total. The van der Waals surface area contributed by atoms with Crippen LogP contribution in [0.4, 0.5) is 14.7 Å². The predicted molar refractivity (Wildman–Crippen MR) is 154 cm³/mol. The maximum Gasteiger partial charge on any atom is 0.459 e. The lowest BCUT2D eigenvalue weighted by atomic mass is 9.97. The fourth-order valence-electron chi connectivity index (χ4n) is 4.37. The largest absolute Gasteiger partial charge is 0.476 e. The monoisotopic (exact) mass is 642 g/mol. The summed E-state index contributed by atoms with van der Waals surface area (Å²) >= 11 is 0. The molecule has 0 radical (unpaired) electrons. The molecule has 0 amide bonds. The van der Waals surface area contributed by atoms with Crippen molar-refractivity contribution < 1.29 is 46.5 Å². The van der Waals surface area contributed by atoms with E-state index >= 15 is 8.78 Å². The Morgan fingerprint density at radius 3 is 2.61 bits per heavy atom. The quantitative estimate of drug-likeness (QED) is 0.170. The van der Waals surface area contributed by atoms with Gasteiger partial charge in [0.05, 0.1) is 19.5 Å². The number of rotatable bonds is 14. The van der Waals surface area contributed by atoms with Crippen molar-refractivity contribution >= 4 is 30.8 Å². The van der Waals surface area contributed by atoms with Crippen LogP contribution in [0.15, 0.2) is 36.7 Å². The molecule has 1 aliphatic rings. The summed E-state index contributed by atoms with van der Waals surface area (Å²) in [6.07, 6.45) is -2.57. The molecule has 3 heterocycles. The van der Waals surface area contributed by atoms with Crippen molar-refractivity contribution in [1.82, 2.24) is 24.6 Å². The lowest BCUT2D eigenvalue weighted by Gasteiger charge is -2.28. The van der Waals surface area contributed by atoms with Gasteiger partial charge in [-0.05, 0) is 45.2 Å². The number of para-hydroxylation sites is 1. The highest BCUT2D eigenvalue weighted by atomic mass is 31.2. The van der Waals surface area contributed by atoms with Gasteiger partial charge in [-0.1, -0.05) is 32.0 Å². The highest BCUT2D eigenvalue weighted by Crippen LogP contribution is 2.52. The summed E-state index contributed by atoms with van der Waals surface area (Å²) in [5.74, 6) is -3.88. The summed E-state index contributed by atoms with van der Waals surface area (Å²) in [6, 6.07) is 6.55. The third kappa shape index (κ3) is 7.26. The van der Waals surface area contributed by atoms with Crippen LogP contribution in [0.25, 0.3) is 11.2 Å². The van der Waals surface area contributed by atoms with Gasteiger partial charge in [0, 0.05) is 0 Å². The Hall–Kier alpha value is -3.43. The first-order chi connectivity index (χ1) is 20.7. The molecule has 3 aromatic rings. The van der Waals surface area contributed by atoms with Crippen molar-refractivity contribution in [3.05, 3.63) is 36.7 Å². The van der Waals surface area contributed by atoms with E-state index in [0.29, 0.717) is 6.42 Å². The number of aliphatic hydroxyl groups excluding tert-OH is 1. The fourth-order valence-corrected chi connectivity index (χ4v) is 5.88. The van der Waals surface area contributed by atoms with Gasteiger partial charge < -0.3 is 29.6 Å². The number of nitrogens with two attached hydrogens (primary N) is 1. The molecule has 1 fully saturated rings. The molecule has 6 atom stereocenters. The Morgan fingerprint density at radius 2 is 1.95 bits per heavy atom. The highest BCUT2D eigenvalue weighted by Gasteiger charge is 2.65. The van der Waals surface area contributed by atoms with Gasteiger partial charge in [0.1, 0.15) is 18.4 Å². The molecule has 0 aliphatic carbocycles. The van der Waals surface area contributed by atoms with Crippen molar-refractivity contribution in [3.63, 3.8) is 0 Å². The number of aromatic nitrogens is 4. The number of carbonyl (C=O) groups is 1. The first-order valence-electron chi connectivity index (χ1n) is 14.0. The fraction of sp³-hybridized carbons (Fsp3) is 0.556. The van der Waals surface area contributed by atoms with E-state index in [1.807, 2.05) is 13.8 Å². The maximum absolute atomic E-state index is 16.3. The molecule has 242 valence electrons. The standard InChI is InChI=1S/C27H37F2N6O8P/c1-6-39-21-19-20(32-25(30)33-21)35(15-31-19)24-26(5,28)23(37)27(29,42-24)14-41-44(38,43-18-10-8-7-9-11-18)34-17(4)22(36)40-13-12-16(2)3/h7-11,15-17,23-24,37H,6,12-14H2,1-5H3,(H,34,38)(H2,30,32,33)/t17-,23-,24+,26+,27+,44?/m0/s1. The molecule has 0 bridgehead atoms. The van der Waals surface area contributed by atoms with Crippen LogP contribution in [0.1, 0.15) is 47.3 Å². The van der Waals surface area contributed by atoms with Crippen LogP contribution in [0.2, 0.25) is 0 Å². The number of alkyl halides is 2. The number of hydrogen-bond donors (Lipinski definition) is 3. The summed E-state index contributed by atoms with van der Waals surface area (Å²) < 4.78 is 74.2. The van der Waals surface area contributed by atoms with Crippen LogP contribution in [0.5, 0.6) is 11.6 Å². The number of carbonyl (C=O) groups excluding carboxylic acids is 1. The third-order valence-corrected chi connectivity index (χ3v) is 8.34. The van der Waals surface area contributed by atoms with Crippen LogP contribution in [-0.4, -0.2) is 74.1 Å². The molecule has 44 heavy (non-hydrogen) atoms. The number of aliphatic hydroxyl groups is 1. The Morgan fingerprint density at radius 1 is 1.25 bits per heavy atom. The normalized spacial score (nSPS) is 25.6. The van der Waals surface area contributed by atoms with Crippen LogP contribution < -0.4 is 20.1 Å². The van der Waals surface area contributed by atoms with Gasteiger partial charge >= 0.3 is 13.7 Å². The van der Waals surface area contributed by atoms with E-state index in [1.165, 1.54) is 19.1 Å². The topological polar surface area (TPSA) is 182 Å². The van der Waals surface area contributed by atoms with Gasteiger partial charge in [-0.3, -0.25) is 13.9 Å². The molecule has 17 heteroatoms. The van der Waals surface area contributed by atoms with E-state index < -0.39 is 50.2 Å². The van der Waals surface area contributed by atoms with Crippen molar-refractivity contribution in [2.45, 2.75) is 70.9 Å². The minimum atomic E-state index is -4.58. The molecule has 1 saturated heterocycles. The second kappa shape index (κ2) is 13.3. The van der Waals surface area contributed by atoms with Crippen molar-refractivity contribution in [2.24, 2.45) is 5.92 Å². The first kappa shape index (κ1) is 33.5. The van der Waals surface area contributed by atoms with E-state index in [0.717, 1.165) is 17.8 Å². The molecule has 4 N–H and O–H groups in total. The number of anilines is 1. The van der Waals surface area contributed by atoms with Gasteiger partial charge in [0.15, 0.2) is 29.2 Å². The van der Waals surface area contributed by atoms with Gasteiger partial charge in [-0.15, -0.1) is 0 Å². The number of nitrogen functional groups attached to an aromatic ring is 1. The van der Waals surface area contributed by atoms with E-state index in [-0.39, 0.29) is 47.9 Å². The number of ether oxygens (including phenoxy) is 3. The Balaban J connectivity index is 1.57. The number of halogens is 2. The van der Waals surface area contributed by atoms with E-state index in [4.69, 9.17) is 29.0 Å². The van der Waals surface area contributed by atoms with Crippen molar-refractivity contribution in [3.8, 4) is 11.6 Å². The van der Waals surface area contributed by atoms with Crippen LogP contribution in [0.3, 0.4) is 0 Å². The summed E-state index contributed by atoms with van der Waals surface area (Å²) in [7, 11) is -4.58. The maximum atomic E-state index is 16.3. The second-order valence-electron chi connectivity index (χ2n) is 10.8. The number of fused-ring (bicyclic) bond motifs is 1. The number of nitrogens with one attached hydrogen (secondary N) is 1. The lowest BCUT2D eigenvalue weighted by molar-refractivity contribution is -0.202. The summed E-state index contributed by atoms with van der Waals surface area (Å²) in [5, 5.41) is 13.2. The first-order valence-corrected chi connectivity index (χ1v) is 15.5. The molecule has 2 aromatic heterocycles. The Kier molecular flexibility index (Phi) is 10.1. The Labute approximate surface area is 252 Å². The zero-order valence-electron chi connectivity index (χ0n) is 25.0. The third-order valence-electron chi connectivity index (χ3n) is 6.72. The summed E-state index contributed by atoms with van der Waals surface area (Å²) in [5.41, 5.74) is 3.05. The average Bonchev–Trinajstić information content (AvgIpc) is 3.45. The minimum absolute atomic E-state index is 0.0182. The van der Waals surface area contributed by atoms with Gasteiger partial charge in [-0.2, -0.15) is 15.1 Å². The molecule has 4 rings (SSSR count). The molecular weight excluding hydrogens is 605 g/mol. The SMILES string of the molecule is CCOc1nc(N)nc2c1ncn2[C@@H]1O[C@](F)(COP(=O)(N[C@@H](C)C(=O)OCCC(C)C)Oc2ccccc2)[C@@H](O)[C@@]1(C)F. The number of imidazole rings is 1. The summed E-state index contributed by atoms with van der Waals surface area (Å²) in [4.78, 5) is 24.7. The van der Waals surface area contributed by atoms with E-state index in [2.05, 4.69) is 20.0 Å². The van der Waals surface area contributed by atoms with E-state index in [9.17, 15) is 14.5 Å². The molecule has 0 saturated carbocycles. The number of esters is 1. The zero-order chi connectivity index (χ0) is 32.3. The van der Waals surface area contributed by atoms with E-state index in [1.54, 1.807) is 25.1 Å². The second-order valence-corrected chi connectivity index (χ2v) is 12.5. The number of nitrogens with zero attached hydrogens (tertiary/aromatic N) is 4. The molecular formula is C27H37F2N6O8P. The van der Waals surface area contributed by atoms with Crippen molar-refractivity contribution in [1.29, 1.82) is 0 Å². The van der Waals surface area contributed by atoms with Gasteiger partial charge in [-0.25, -0.2) is 18.3 Å². The minimum Gasteiger partial charge on any atom is -0.476 e. The Bertz CT molecular complexity index is 1500. The lowest BCUT2D eigenvalue weighted by Crippen LogP contribution is -2.47. The predicted octanol–water partition coefficient (Wildman–Crippen LogP) is 3.86. The number of benzene rings is 1. The molecule has 1 unspecified atom stereocenters. The van der Waals surface area contributed by atoms with Crippen LogP contribution >= 0.6 is 7.75 Å². The number of hydrogen-bond acceptors (Lipinski definition) is 12.